The molecule has 2 fully saturated rings. The first-order valence-electron chi connectivity index (χ1n) is 11.4. The van der Waals surface area contributed by atoms with Crippen molar-refractivity contribution >= 4 is 23.4 Å². The number of amides is 1. The lowest BCUT2D eigenvalue weighted by Gasteiger charge is -2.38. The van der Waals surface area contributed by atoms with Crippen molar-refractivity contribution in [1.82, 2.24) is 15.3 Å². The smallest absolute Gasteiger partial charge is 0.229 e. The third-order valence-electron chi connectivity index (χ3n) is 6.80. The number of carbonyl (C=O) groups is 1. The molecule has 5 rings (SSSR count). The van der Waals surface area contributed by atoms with Crippen molar-refractivity contribution in [2.24, 2.45) is 5.41 Å². The van der Waals surface area contributed by atoms with Gasteiger partial charge in [0.25, 0.3) is 0 Å². The van der Waals surface area contributed by atoms with E-state index in [0.717, 1.165) is 62.4 Å². The molecule has 2 aliphatic heterocycles. The van der Waals surface area contributed by atoms with Crippen LogP contribution in [0.25, 0.3) is 0 Å². The lowest BCUT2D eigenvalue weighted by Crippen LogP contribution is -2.44. The van der Waals surface area contributed by atoms with Gasteiger partial charge in [0, 0.05) is 37.1 Å². The summed E-state index contributed by atoms with van der Waals surface area (Å²) in [5, 5.41) is 6.35. The molecule has 2 aliphatic rings. The maximum atomic E-state index is 12.3. The fourth-order valence-electron chi connectivity index (χ4n) is 4.82. The maximum Gasteiger partial charge on any atom is 0.229 e. The number of anilines is 3. The van der Waals surface area contributed by atoms with E-state index in [0.29, 0.717) is 5.95 Å². The van der Waals surface area contributed by atoms with Crippen LogP contribution in [0.3, 0.4) is 0 Å². The van der Waals surface area contributed by atoms with Crippen molar-refractivity contribution in [2.45, 2.75) is 32.6 Å². The molecule has 0 aliphatic carbocycles. The predicted molar refractivity (Wildman–Crippen MR) is 127 cm³/mol. The van der Waals surface area contributed by atoms with Gasteiger partial charge in [-0.2, -0.15) is 4.98 Å². The molecule has 0 bridgehead atoms. The molecule has 2 aromatic carbocycles. The number of nitrogens with one attached hydrogen (secondary N) is 2. The summed E-state index contributed by atoms with van der Waals surface area (Å²) < 4.78 is 0. The summed E-state index contributed by atoms with van der Waals surface area (Å²) in [5.74, 6) is 1.78. The third kappa shape index (κ3) is 4.17. The lowest BCUT2D eigenvalue weighted by atomic mass is 9.77. The minimum absolute atomic E-state index is 0.167. The number of aryl methyl sites for hydroxylation is 1. The van der Waals surface area contributed by atoms with Gasteiger partial charge in [-0.1, -0.05) is 42.5 Å². The topological polar surface area (TPSA) is 70.2 Å². The number of rotatable bonds is 5. The second kappa shape index (κ2) is 8.61. The zero-order valence-electron chi connectivity index (χ0n) is 18.5. The molecule has 1 amide bonds. The second-order valence-electron chi connectivity index (χ2n) is 8.96. The van der Waals surface area contributed by atoms with Gasteiger partial charge in [-0.15, -0.1) is 0 Å². The maximum absolute atomic E-state index is 12.3. The van der Waals surface area contributed by atoms with Gasteiger partial charge >= 0.3 is 0 Å². The van der Waals surface area contributed by atoms with Crippen molar-refractivity contribution in [3.63, 3.8) is 0 Å². The third-order valence-corrected chi connectivity index (χ3v) is 6.80. The molecule has 2 N–H and O–H groups in total. The van der Waals surface area contributed by atoms with E-state index in [1.807, 2.05) is 19.2 Å². The zero-order valence-corrected chi connectivity index (χ0v) is 18.5. The molecule has 1 aromatic heterocycles. The summed E-state index contributed by atoms with van der Waals surface area (Å²) in [7, 11) is 0. The molecular weight excluding hydrogens is 398 g/mol. The molecule has 164 valence electrons. The lowest BCUT2D eigenvalue weighted by molar-refractivity contribution is -0.128. The van der Waals surface area contributed by atoms with Gasteiger partial charge in [-0.05, 0) is 55.9 Å². The average molecular weight is 428 g/mol. The first kappa shape index (κ1) is 20.5. The summed E-state index contributed by atoms with van der Waals surface area (Å²) in [5.41, 5.74) is 4.43. The Labute approximate surface area is 189 Å². The Morgan fingerprint density at radius 2 is 1.72 bits per heavy atom. The second-order valence-corrected chi connectivity index (χ2v) is 8.96. The van der Waals surface area contributed by atoms with Crippen LogP contribution in [0.4, 0.5) is 17.5 Å². The highest BCUT2D eigenvalue weighted by molar-refractivity contribution is 5.85. The summed E-state index contributed by atoms with van der Waals surface area (Å²) in [6.45, 7) is 4.55. The summed E-state index contributed by atoms with van der Waals surface area (Å²) in [4.78, 5) is 23.9. The monoisotopic (exact) mass is 427 g/mol. The minimum Gasteiger partial charge on any atom is -0.356 e. The number of nitrogens with zero attached hydrogens (tertiary/aromatic N) is 3. The summed E-state index contributed by atoms with van der Waals surface area (Å²) in [6.07, 6.45) is 5.51. The van der Waals surface area contributed by atoms with Crippen LogP contribution in [-0.2, 0) is 11.2 Å². The molecule has 0 atom stereocenters. The summed E-state index contributed by atoms with van der Waals surface area (Å²) >= 11 is 0. The van der Waals surface area contributed by atoms with Crippen molar-refractivity contribution < 1.29 is 4.79 Å². The number of benzene rings is 2. The molecule has 0 saturated carbocycles. The minimum atomic E-state index is -0.167. The van der Waals surface area contributed by atoms with Crippen LogP contribution in [-0.4, -0.2) is 35.5 Å². The zero-order chi connectivity index (χ0) is 22.0. The quantitative estimate of drug-likeness (QED) is 0.638. The molecule has 32 heavy (non-hydrogen) atoms. The molecule has 0 radical (unpaired) electrons. The standard InChI is InChI=1S/C26H29N5O/c1-19-18-28-25(29-22-9-7-21(8-10-22)17-20-5-3-2-4-6-20)30-23(19)31-15-12-26(13-16-31)11-14-27-24(26)32/h2-10,18H,11-17H2,1H3,(H,27,32)(H,28,29,30). The Morgan fingerprint density at radius 3 is 2.41 bits per heavy atom. The summed E-state index contributed by atoms with van der Waals surface area (Å²) in [6, 6.07) is 18.9. The number of hydrogen-bond donors (Lipinski definition) is 2. The van der Waals surface area contributed by atoms with Crippen molar-refractivity contribution in [1.29, 1.82) is 0 Å². The molecule has 1 spiro atoms. The first-order valence-corrected chi connectivity index (χ1v) is 11.4. The molecular formula is C26H29N5O. The van der Waals surface area contributed by atoms with E-state index in [4.69, 9.17) is 4.98 Å². The highest BCUT2D eigenvalue weighted by Gasteiger charge is 2.44. The number of aromatic nitrogens is 2. The van der Waals surface area contributed by atoms with E-state index >= 15 is 0 Å². The van der Waals surface area contributed by atoms with Crippen LogP contribution in [0.15, 0.2) is 60.8 Å². The number of piperidine rings is 1. The Balaban J connectivity index is 1.25. The molecule has 2 saturated heterocycles. The van der Waals surface area contributed by atoms with E-state index in [-0.39, 0.29) is 11.3 Å². The fourth-order valence-corrected chi connectivity index (χ4v) is 4.82. The van der Waals surface area contributed by atoms with Crippen LogP contribution in [0.2, 0.25) is 0 Å². The van der Waals surface area contributed by atoms with E-state index in [2.05, 4.69) is 69.0 Å². The molecule has 3 aromatic rings. The molecule has 3 heterocycles. The van der Waals surface area contributed by atoms with E-state index in [9.17, 15) is 4.79 Å². The first-order chi connectivity index (χ1) is 15.6. The SMILES string of the molecule is Cc1cnc(Nc2ccc(Cc3ccccc3)cc2)nc1N1CCC2(CCNC2=O)CC1. The Kier molecular flexibility index (Phi) is 5.52. The molecule has 6 nitrogen and oxygen atoms in total. The van der Waals surface area contributed by atoms with E-state index < -0.39 is 0 Å². The highest BCUT2D eigenvalue weighted by atomic mass is 16.2. The highest BCUT2D eigenvalue weighted by Crippen LogP contribution is 2.39. The van der Waals surface area contributed by atoms with Gasteiger partial charge in [0.15, 0.2) is 0 Å². The van der Waals surface area contributed by atoms with Crippen molar-refractivity contribution in [3.05, 3.63) is 77.5 Å². The van der Waals surface area contributed by atoms with Crippen LogP contribution in [0, 0.1) is 12.3 Å². The van der Waals surface area contributed by atoms with Gasteiger partial charge in [-0.3, -0.25) is 4.79 Å². The van der Waals surface area contributed by atoms with Gasteiger partial charge in [0.2, 0.25) is 11.9 Å². The normalized spacial score (nSPS) is 17.4. The average Bonchev–Trinajstić information content (AvgIpc) is 3.17. The largest absolute Gasteiger partial charge is 0.356 e. The van der Waals surface area contributed by atoms with Crippen molar-refractivity contribution in [3.8, 4) is 0 Å². The van der Waals surface area contributed by atoms with Gasteiger partial charge in [0.1, 0.15) is 5.82 Å². The molecule has 6 heteroatoms. The predicted octanol–water partition coefficient (Wildman–Crippen LogP) is 4.23. The number of hydrogen-bond acceptors (Lipinski definition) is 5. The molecule has 0 unspecified atom stereocenters. The fraction of sp³-hybridized carbons (Fsp3) is 0.346. The number of carbonyl (C=O) groups excluding carboxylic acids is 1. The van der Waals surface area contributed by atoms with E-state index in [1.54, 1.807) is 0 Å². The Bertz CT molecular complexity index is 1090. The van der Waals surface area contributed by atoms with Crippen LogP contribution in [0.1, 0.15) is 36.0 Å². The van der Waals surface area contributed by atoms with Crippen LogP contribution < -0.4 is 15.5 Å². The van der Waals surface area contributed by atoms with Gasteiger partial charge < -0.3 is 15.5 Å². The van der Waals surface area contributed by atoms with Crippen LogP contribution in [0.5, 0.6) is 0 Å². The van der Waals surface area contributed by atoms with Crippen molar-refractivity contribution in [2.75, 3.05) is 29.9 Å². The van der Waals surface area contributed by atoms with E-state index in [1.165, 1.54) is 11.1 Å². The van der Waals surface area contributed by atoms with Gasteiger partial charge in [0.05, 0.1) is 5.41 Å². The van der Waals surface area contributed by atoms with Crippen LogP contribution >= 0.6 is 0 Å². The van der Waals surface area contributed by atoms with Gasteiger partial charge in [-0.25, -0.2) is 4.98 Å². The Morgan fingerprint density at radius 1 is 1.00 bits per heavy atom. The Hall–Kier alpha value is -3.41.